The molecule has 8 aliphatic rings. The predicted octanol–water partition coefficient (Wildman–Crippen LogP) is 17.0. The normalized spacial score (nSPS) is 36.7. The van der Waals surface area contributed by atoms with E-state index < -0.39 is 48.3 Å². The molecule has 8 nitrogen and oxygen atoms in total. The fourth-order valence-corrected chi connectivity index (χ4v) is 21.4. The van der Waals surface area contributed by atoms with Crippen LogP contribution >= 0.6 is 0 Å². The van der Waals surface area contributed by atoms with Crippen LogP contribution in [-0.2, 0) is 44.6 Å². The Balaban J connectivity index is 0.951. The average Bonchev–Trinajstić information content (AvgIpc) is 1.57. The summed E-state index contributed by atoms with van der Waals surface area (Å²) in [5, 5.41) is 0. The fraction of sp³-hybridized carbons (Fsp3) is 0.564. The standard InChI is InChI=1S/C78H94O8/c1-71(2)59-33-37-75(71,9)63(55(59)41-47-25-17-13-18-26-47)83-67(79)51-45-53(69(81)85-65-57(43-49-29-21-15-22-30-49)61-35-39-77(65,11)73(61,5)6)54(70(82)86-66-58(44-50-31-23-16-24-32-50)62-36-40-78(66,12)74(62,7)8)46-52(51)68(80)84-64-56(42-48-27-19-14-20-28-48)60-34-38-76(64,10)72(60,3)4/h13-32,45-46,55-66H,33-44H2,1-12H3/t55-,56-,57-,58-,59?,60?,61?,62?,63-,64-,65-,66-,75+,76+,77+,78+/m0/s1. The molecule has 0 heterocycles. The average molecular weight is 1160 g/mol. The fourth-order valence-electron chi connectivity index (χ4n) is 21.4. The van der Waals surface area contributed by atoms with Crippen LogP contribution in [0.5, 0.6) is 0 Å². The second kappa shape index (κ2) is 20.8. The summed E-state index contributed by atoms with van der Waals surface area (Å²) < 4.78 is 28.3. The van der Waals surface area contributed by atoms with Crippen LogP contribution in [0.2, 0.25) is 0 Å². The number of carbonyl (C=O) groups excluding carboxylic acids is 4. The Morgan fingerprint density at radius 2 is 0.500 bits per heavy atom. The van der Waals surface area contributed by atoms with Crippen LogP contribution < -0.4 is 0 Å². The van der Waals surface area contributed by atoms with Crippen LogP contribution in [0.25, 0.3) is 0 Å². The van der Waals surface area contributed by atoms with Gasteiger partial charge in [0.1, 0.15) is 24.4 Å². The molecule has 8 bridgehead atoms. The molecule has 13 rings (SSSR count). The summed E-state index contributed by atoms with van der Waals surface area (Å²) in [6.45, 7) is 27.6. The number of rotatable bonds is 16. The topological polar surface area (TPSA) is 105 Å². The van der Waals surface area contributed by atoms with E-state index in [9.17, 15) is 0 Å². The lowest BCUT2D eigenvalue weighted by Gasteiger charge is -2.40. The van der Waals surface area contributed by atoms with Crippen LogP contribution in [0.4, 0.5) is 0 Å². The van der Waals surface area contributed by atoms with Gasteiger partial charge in [-0.15, -0.1) is 0 Å². The van der Waals surface area contributed by atoms with E-state index in [1.54, 1.807) is 0 Å². The van der Waals surface area contributed by atoms with E-state index >= 15 is 19.2 Å². The van der Waals surface area contributed by atoms with Gasteiger partial charge in [0, 0.05) is 45.3 Å². The Bertz CT molecular complexity index is 2970. The van der Waals surface area contributed by atoms with Gasteiger partial charge in [0.25, 0.3) is 0 Å². The van der Waals surface area contributed by atoms with Gasteiger partial charge in [-0.25, -0.2) is 19.2 Å². The highest BCUT2D eigenvalue weighted by Gasteiger charge is 2.71. The zero-order valence-corrected chi connectivity index (χ0v) is 53.4. The van der Waals surface area contributed by atoms with E-state index in [0.717, 1.165) is 77.0 Å². The summed E-state index contributed by atoms with van der Waals surface area (Å²) in [6, 6.07) is 44.8. The van der Waals surface area contributed by atoms with Gasteiger partial charge in [-0.3, -0.25) is 0 Å². The van der Waals surface area contributed by atoms with Crippen molar-refractivity contribution in [1.29, 1.82) is 0 Å². The minimum Gasteiger partial charge on any atom is -0.458 e. The molecule has 8 aliphatic carbocycles. The number of esters is 4. The third-order valence-electron chi connectivity index (χ3n) is 27.9. The van der Waals surface area contributed by atoms with Gasteiger partial charge >= 0.3 is 23.9 Å². The van der Waals surface area contributed by atoms with Gasteiger partial charge in [0.05, 0.1) is 22.3 Å². The predicted molar refractivity (Wildman–Crippen MR) is 336 cm³/mol. The van der Waals surface area contributed by atoms with Crippen molar-refractivity contribution in [1.82, 2.24) is 0 Å². The smallest absolute Gasteiger partial charge is 0.339 e. The van der Waals surface area contributed by atoms with Crippen molar-refractivity contribution < 1.29 is 38.1 Å². The number of carbonyl (C=O) groups is 4. The minimum atomic E-state index is -0.709. The maximum Gasteiger partial charge on any atom is 0.339 e. The number of hydrogen-bond acceptors (Lipinski definition) is 8. The molecule has 0 radical (unpaired) electrons. The lowest BCUT2D eigenvalue weighted by Crippen LogP contribution is -2.43. The first-order valence-corrected chi connectivity index (χ1v) is 32.9. The number of ether oxygens (including phenoxy) is 4. The van der Waals surface area contributed by atoms with Crippen molar-refractivity contribution in [3.05, 3.63) is 178 Å². The second-order valence-electron chi connectivity index (χ2n) is 31.8. The maximum absolute atomic E-state index is 16.1. The molecule has 5 aromatic rings. The highest BCUT2D eigenvalue weighted by atomic mass is 16.6. The summed E-state index contributed by atoms with van der Waals surface area (Å²) in [5.74, 6) is -1.73. The Kier molecular flexibility index (Phi) is 14.3. The van der Waals surface area contributed by atoms with E-state index in [1.807, 2.05) is 24.3 Å². The van der Waals surface area contributed by atoms with Gasteiger partial charge in [-0.1, -0.05) is 204 Å². The van der Waals surface area contributed by atoms with E-state index in [1.165, 1.54) is 34.4 Å². The van der Waals surface area contributed by atoms with Gasteiger partial charge in [-0.2, -0.15) is 0 Å². The molecule has 0 amide bonds. The molecular formula is C78H94O8. The van der Waals surface area contributed by atoms with Crippen molar-refractivity contribution in [3.63, 3.8) is 0 Å². The molecule has 8 fully saturated rings. The molecule has 5 aromatic carbocycles. The first-order chi connectivity index (χ1) is 40.8. The van der Waals surface area contributed by atoms with Crippen molar-refractivity contribution in [2.45, 2.75) is 185 Å². The van der Waals surface area contributed by atoms with E-state index in [2.05, 4.69) is 180 Å². The summed E-state index contributed by atoms with van der Waals surface area (Å²) in [6.07, 6.45) is 8.50. The maximum atomic E-state index is 16.1. The molecular weight excluding hydrogens is 1060 g/mol. The van der Waals surface area contributed by atoms with Crippen LogP contribution in [0.1, 0.15) is 198 Å². The monoisotopic (exact) mass is 1160 g/mol. The Labute approximate surface area is 512 Å². The zero-order chi connectivity index (χ0) is 60.7. The first kappa shape index (κ1) is 59.0. The molecule has 8 heteroatoms. The first-order valence-electron chi connectivity index (χ1n) is 32.9. The quantitative estimate of drug-likeness (QED) is 0.0711. The van der Waals surface area contributed by atoms with Gasteiger partial charge in [0.2, 0.25) is 0 Å². The molecule has 86 heavy (non-hydrogen) atoms. The number of hydrogen-bond donors (Lipinski definition) is 0. The Hall–Kier alpha value is -6.02. The third kappa shape index (κ3) is 8.74. The SMILES string of the molecule is CC1(C)C2CC[C@]1(C)[C@@H](OC(=O)c1cc(C(=O)O[C@H]3[C@@H](Cc4ccccc4)C4CC[C@@]3(C)C4(C)C)c(C(=O)O[C@H]3[C@@H](Cc4ccccc4)C4CC[C@@]3(C)C4(C)C)cc1C(=O)O[C@H]1[C@@H](Cc3ccccc3)C3CC[C@@]1(C)C3(C)C)[C@H]2Cc1ccccc1. The Morgan fingerprint density at radius 1 is 0.314 bits per heavy atom. The van der Waals surface area contributed by atoms with Crippen molar-refractivity contribution >= 4 is 23.9 Å². The van der Waals surface area contributed by atoms with Crippen LogP contribution in [0.3, 0.4) is 0 Å². The van der Waals surface area contributed by atoms with Crippen LogP contribution in [0, 0.1) is 90.7 Å². The lowest BCUT2D eigenvalue weighted by atomic mass is 9.70. The molecule has 0 N–H and O–H groups in total. The van der Waals surface area contributed by atoms with Crippen molar-refractivity contribution in [2.24, 2.45) is 90.7 Å². The minimum absolute atomic E-state index is 0.00113. The summed E-state index contributed by atoms with van der Waals surface area (Å²) in [7, 11) is 0. The van der Waals surface area contributed by atoms with Crippen LogP contribution in [0.15, 0.2) is 133 Å². The lowest BCUT2D eigenvalue weighted by molar-refractivity contribution is -0.0450. The number of benzene rings is 5. The summed E-state index contributed by atoms with van der Waals surface area (Å²) in [5.41, 5.74) is 2.15. The molecule has 0 aliphatic heterocycles. The molecule has 8 saturated carbocycles. The summed E-state index contributed by atoms with van der Waals surface area (Å²) >= 11 is 0. The zero-order valence-electron chi connectivity index (χ0n) is 53.4. The number of fused-ring (bicyclic) bond motifs is 8. The molecule has 4 unspecified atom stereocenters. The molecule has 454 valence electrons. The molecule has 0 spiro atoms. The van der Waals surface area contributed by atoms with E-state index in [-0.39, 0.29) is 113 Å². The van der Waals surface area contributed by atoms with E-state index in [4.69, 9.17) is 18.9 Å². The van der Waals surface area contributed by atoms with Crippen LogP contribution in [-0.4, -0.2) is 48.3 Å². The molecule has 0 saturated heterocycles. The molecule has 16 atom stereocenters. The van der Waals surface area contributed by atoms with Crippen molar-refractivity contribution in [3.8, 4) is 0 Å². The van der Waals surface area contributed by atoms with E-state index in [0.29, 0.717) is 0 Å². The third-order valence-corrected chi connectivity index (χ3v) is 27.9. The highest BCUT2D eigenvalue weighted by Crippen LogP contribution is 2.73. The van der Waals surface area contributed by atoms with Crippen molar-refractivity contribution in [2.75, 3.05) is 0 Å². The highest BCUT2D eigenvalue weighted by molar-refractivity contribution is 6.10. The van der Waals surface area contributed by atoms with Gasteiger partial charge in [0.15, 0.2) is 0 Å². The summed E-state index contributed by atoms with van der Waals surface area (Å²) in [4.78, 5) is 64.3. The largest absolute Gasteiger partial charge is 0.458 e. The molecule has 0 aromatic heterocycles. The van der Waals surface area contributed by atoms with Gasteiger partial charge < -0.3 is 18.9 Å². The Morgan fingerprint density at radius 3 is 0.686 bits per heavy atom. The second-order valence-corrected chi connectivity index (χ2v) is 31.8. The van der Waals surface area contributed by atoms with Gasteiger partial charge in [-0.05, 0) is 157 Å².